The fourth-order valence-electron chi connectivity index (χ4n) is 2.49. The van der Waals surface area contributed by atoms with Crippen molar-refractivity contribution < 1.29 is 13.9 Å². The fraction of sp³-hybridized carbons (Fsp3) is 0.533. The molecule has 1 aromatic rings. The van der Waals surface area contributed by atoms with E-state index in [1.54, 1.807) is 0 Å². The minimum absolute atomic E-state index is 0.0551. The highest BCUT2D eigenvalue weighted by Gasteiger charge is 2.15. The van der Waals surface area contributed by atoms with Crippen LogP contribution in [-0.2, 0) is 4.79 Å². The SMILES string of the molecule is COc1cc(F)ccc1NC(=O)CCC1CCCNC1. The molecule has 0 radical (unpaired) electrons. The Morgan fingerprint density at radius 1 is 1.55 bits per heavy atom. The first-order valence-electron chi connectivity index (χ1n) is 7.03. The van der Waals surface area contributed by atoms with Gasteiger partial charge in [-0.15, -0.1) is 0 Å². The number of piperidine rings is 1. The molecule has 1 amide bonds. The second-order valence-corrected chi connectivity index (χ2v) is 5.14. The van der Waals surface area contributed by atoms with E-state index in [0.717, 1.165) is 19.5 Å². The minimum atomic E-state index is -0.381. The molecule has 110 valence electrons. The quantitative estimate of drug-likeness (QED) is 0.871. The number of halogens is 1. The van der Waals surface area contributed by atoms with Crippen molar-refractivity contribution in [3.8, 4) is 5.75 Å². The zero-order valence-corrected chi connectivity index (χ0v) is 11.7. The first kappa shape index (κ1) is 14.8. The second kappa shape index (κ2) is 7.24. The van der Waals surface area contributed by atoms with Gasteiger partial charge in [-0.3, -0.25) is 4.79 Å². The summed E-state index contributed by atoms with van der Waals surface area (Å²) in [6.07, 6.45) is 3.72. The predicted molar refractivity (Wildman–Crippen MR) is 76.4 cm³/mol. The molecule has 1 atom stereocenters. The van der Waals surface area contributed by atoms with Crippen molar-refractivity contribution in [2.75, 3.05) is 25.5 Å². The number of hydrogen-bond acceptors (Lipinski definition) is 3. The van der Waals surface area contributed by atoms with E-state index >= 15 is 0 Å². The lowest BCUT2D eigenvalue weighted by atomic mass is 9.94. The molecule has 2 rings (SSSR count). The first-order chi connectivity index (χ1) is 9.69. The predicted octanol–water partition coefficient (Wildman–Crippen LogP) is 2.55. The van der Waals surface area contributed by atoms with Crippen LogP contribution < -0.4 is 15.4 Å². The smallest absolute Gasteiger partial charge is 0.224 e. The Labute approximate surface area is 118 Å². The van der Waals surface area contributed by atoms with Crippen LogP contribution >= 0.6 is 0 Å². The van der Waals surface area contributed by atoms with Gasteiger partial charge in [0.05, 0.1) is 12.8 Å². The van der Waals surface area contributed by atoms with Crippen LogP contribution in [0.2, 0.25) is 0 Å². The number of ether oxygens (including phenoxy) is 1. The van der Waals surface area contributed by atoms with E-state index in [9.17, 15) is 9.18 Å². The van der Waals surface area contributed by atoms with Gasteiger partial charge in [-0.05, 0) is 50.4 Å². The largest absolute Gasteiger partial charge is 0.494 e. The van der Waals surface area contributed by atoms with Crippen molar-refractivity contribution in [3.05, 3.63) is 24.0 Å². The Kier molecular flexibility index (Phi) is 5.35. The maximum absolute atomic E-state index is 13.1. The molecule has 5 heteroatoms. The fourth-order valence-corrected chi connectivity index (χ4v) is 2.49. The van der Waals surface area contributed by atoms with Crippen LogP contribution in [0.25, 0.3) is 0 Å². The van der Waals surface area contributed by atoms with E-state index < -0.39 is 0 Å². The van der Waals surface area contributed by atoms with Crippen molar-refractivity contribution in [1.82, 2.24) is 5.32 Å². The lowest BCUT2D eigenvalue weighted by Crippen LogP contribution is -2.30. The van der Waals surface area contributed by atoms with Gasteiger partial charge in [0, 0.05) is 12.5 Å². The summed E-state index contributed by atoms with van der Waals surface area (Å²) in [5.41, 5.74) is 0.515. The molecule has 0 aromatic heterocycles. The van der Waals surface area contributed by atoms with Gasteiger partial charge in [-0.25, -0.2) is 4.39 Å². The highest BCUT2D eigenvalue weighted by Crippen LogP contribution is 2.25. The van der Waals surface area contributed by atoms with Crippen molar-refractivity contribution >= 4 is 11.6 Å². The molecule has 1 aromatic carbocycles. The molecular weight excluding hydrogens is 259 g/mol. The van der Waals surface area contributed by atoms with Crippen molar-refractivity contribution in [2.45, 2.75) is 25.7 Å². The van der Waals surface area contributed by atoms with Crippen LogP contribution in [0, 0.1) is 11.7 Å². The van der Waals surface area contributed by atoms with Crippen LogP contribution in [0.3, 0.4) is 0 Å². The highest BCUT2D eigenvalue weighted by atomic mass is 19.1. The Morgan fingerprint density at radius 3 is 3.10 bits per heavy atom. The summed E-state index contributed by atoms with van der Waals surface area (Å²) in [6.45, 7) is 2.07. The molecule has 0 bridgehead atoms. The van der Waals surface area contributed by atoms with E-state index in [1.807, 2.05) is 0 Å². The molecule has 4 nitrogen and oxygen atoms in total. The Bertz CT molecular complexity index is 459. The number of nitrogens with one attached hydrogen (secondary N) is 2. The Balaban J connectivity index is 1.84. The van der Waals surface area contributed by atoms with Gasteiger partial charge >= 0.3 is 0 Å². The van der Waals surface area contributed by atoms with Crippen LogP contribution in [0.4, 0.5) is 10.1 Å². The number of hydrogen-bond donors (Lipinski definition) is 2. The number of anilines is 1. The third-order valence-electron chi connectivity index (χ3n) is 3.62. The number of amides is 1. The van der Waals surface area contributed by atoms with Gasteiger partial charge in [0.2, 0.25) is 5.91 Å². The summed E-state index contributed by atoms with van der Waals surface area (Å²) in [5.74, 6) is 0.482. The van der Waals surface area contributed by atoms with E-state index in [1.165, 1.54) is 38.2 Å². The summed E-state index contributed by atoms with van der Waals surface area (Å²) in [4.78, 5) is 11.9. The maximum Gasteiger partial charge on any atom is 0.224 e. The molecule has 20 heavy (non-hydrogen) atoms. The summed E-state index contributed by atoms with van der Waals surface area (Å²) in [5, 5.41) is 6.12. The number of methoxy groups -OCH3 is 1. The van der Waals surface area contributed by atoms with Gasteiger partial charge < -0.3 is 15.4 Å². The number of carbonyl (C=O) groups excluding carboxylic acids is 1. The lowest BCUT2D eigenvalue weighted by Gasteiger charge is -2.22. The molecule has 0 spiro atoms. The van der Waals surface area contributed by atoms with E-state index in [-0.39, 0.29) is 11.7 Å². The molecule has 2 N–H and O–H groups in total. The Hall–Kier alpha value is -1.62. The first-order valence-corrected chi connectivity index (χ1v) is 7.03. The summed E-state index contributed by atoms with van der Waals surface area (Å²) in [7, 11) is 1.46. The zero-order chi connectivity index (χ0) is 14.4. The third-order valence-corrected chi connectivity index (χ3v) is 3.62. The van der Waals surface area contributed by atoms with Crippen LogP contribution in [0.15, 0.2) is 18.2 Å². The van der Waals surface area contributed by atoms with Gasteiger partial charge in [-0.2, -0.15) is 0 Å². The van der Waals surface area contributed by atoms with Gasteiger partial charge in [0.1, 0.15) is 11.6 Å². The standard InChI is InChI=1S/C15H21FN2O2/c1-20-14-9-12(16)5-6-13(14)18-15(19)7-4-11-3-2-8-17-10-11/h5-6,9,11,17H,2-4,7-8,10H2,1H3,(H,18,19). The summed E-state index contributed by atoms with van der Waals surface area (Å²) in [6, 6.07) is 4.10. The van der Waals surface area contributed by atoms with Gasteiger partial charge in [-0.1, -0.05) is 0 Å². The van der Waals surface area contributed by atoms with Crippen LogP contribution in [0.1, 0.15) is 25.7 Å². The lowest BCUT2D eigenvalue weighted by molar-refractivity contribution is -0.116. The Morgan fingerprint density at radius 2 is 2.40 bits per heavy atom. The average molecular weight is 280 g/mol. The van der Waals surface area contributed by atoms with Crippen molar-refractivity contribution in [1.29, 1.82) is 0 Å². The molecule has 1 heterocycles. The summed E-state index contributed by atoms with van der Waals surface area (Å²) < 4.78 is 18.1. The maximum atomic E-state index is 13.1. The molecule has 1 unspecified atom stereocenters. The van der Waals surface area contributed by atoms with Gasteiger partial charge in [0.25, 0.3) is 0 Å². The molecular formula is C15H21FN2O2. The zero-order valence-electron chi connectivity index (χ0n) is 11.7. The third kappa shape index (κ3) is 4.20. The van der Waals surface area contributed by atoms with E-state index in [2.05, 4.69) is 10.6 Å². The monoisotopic (exact) mass is 280 g/mol. The molecule has 1 aliphatic heterocycles. The second-order valence-electron chi connectivity index (χ2n) is 5.14. The molecule has 1 aliphatic rings. The van der Waals surface area contributed by atoms with Crippen molar-refractivity contribution in [2.24, 2.45) is 5.92 Å². The highest BCUT2D eigenvalue weighted by molar-refractivity contribution is 5.92. The topological polar surface area (TPSA) is 50.4 Å². The number of rotatable bonds is 5. The number of benzene rings is 1. The summed E-state index contributed by atoms with van der Waals surface area (Å²) >= 11 is 0. The molecule has 0 aliphatic carbocycles. The van der Waals surface area contributed by atoms with E-state index in [4.69, 9.17) is 4.74 Å². The van der Waals surface area contributed by atoms with Crippen LogP contribution in [0.5, 0.6) is 5.75 Å². The van der Waals surface area contributed by atoms with Crippen molar-refractivity contribution in [3.63, 3.8) is 0 Å². The van der Waals surface area contributed by atoms with Gasteiger partial charge in [0.15, 0.2) is 0 Å². The molecule has 0 saturated carbocycles. The van der Waals surface area contributed by atoms with Crippen LogP contribution in [-0.4, -0.2) is 26.1 Å². The average Bonchev–Trinajstić information content (AvgIpc) is 2.48. The number of carbonyl (C=O) groups is 1. The molecule has 1 saturated heterocycles. The minimum Gasteiger partial charge on any atom is -0.494 e. The van der Waals surface area contributed by atoms with E-state index in [0.29, 0.717) is 23.8 Å². The molecule has 1 fully saturated rings. The normalized spacial score (nSPS) is 18.6.